The molecule has 2 aromatic rings. The molecule has 1 aromatic carbocycles. The number of thioether (sulfide) groups is 1. The van der Waals surface area contributed by atoms with Crippen LogP contribution in [0.4, 0.5) is 10.3 Å². The average Bonchev–Trinajstić information content (AvgIpc) is 2.74. The summed E-state index contributed by atoms with van der Waals surface area (Å²) in [6.07, 6.45) is 10.6. The van der Waals surface area contributed by atoms with Crippen LogP contribution in [-0.4, -0.2) is 47.3 Å². The van der Waals surface area contributed by atoms with Crippen LogP contribution in [0.3, 0.4) is 0 Å². The van der Waals surface area contributed by atoms with Crippen LogP contribution in [0.15, 0.2) is 35.6 Å². The molecule has 150 valence electrons. The lowest BCUT2D eigenvalue weighted by molar-refractivity contribution is 0.615. The highest BCUT2D eigenvalue weighted by Crippen LogP contribution is 2.25. The van der Waals surface area contributed by atoms with E-state index in [4.69, 9.17) is 4.99 Å². The summed E-state index contributed by atoms with van der Waals surface area (Å²) in [5.41, 5.74) is 3.33. The minimum atomic E-state index is -0.169. The van der Waals surface area contributed by atoms with Gasteiger partial charge >= 0.3 is 0 Å². The van der Waals surface area contributed by atoms with E-state index in [1.807, 2.05) is 30.8 Å². The summed E-state index contributed by atoms with van der Waals surface area (Å²) < 4.78 is 14.5. The first-order valence-electron chi connectivity index (χ1n) is 10.1. The van der Waals surface area contributed by atoms with E-state index >= 15 is 0 Å². The second-order valence-corrected chi connectivity index (χ2v) is 8.02. The summed E-state index contributed by atoms with van der Waals surface area (Å²) in [4.78, 5) is 16.0. The molecule has 0 spiro atoms. The van der Waals surface area contributed by atoms with Gasteiger partial charge in [-0.2, -0.15) is 11.8 Å². The highest BCUT2D eigenvalue weighted by molar-refractivity contribution is 7.98. The third-order valence-electron chi connectivity index (χ3n) is 5.12. The SMILES string of the molecule is CCc1cccc(-c2cnc(N3CCC(=NCCCCSC)CC3)nc2)c1F. The molecule has 4 nitrogen and oxygen atoms in total. The maximum atomic E-state index is 14.5. The van der Waals surface area contributed by atoms with Crippen molar-refractivity contribution in [2.75, 3.05) is 36.5 Å². The number of halogens is 1. The van der Waals surface area contributed by atoms with E-state index in [0.29, 0.717) is 12.0 Å². The quantitative estimate of drug-likeness (QED) is 0.583. The van der Waals surface area contributed by atoms with E-state index < -0.39 is 0 Å². The number of hydrogen-bond acceptors (Lipinski definition) is 5. The number of aryl methyl sites for hydroxylation is 1. The van der Waals surface area contributed by atoms with E-state index in [1.165, 1.54) is 24.3 Å². The number of aliphatic imine (C=N–C) groups is 1. The third-order valence-corrected chi connectivity index (χ3v) is 5.82. The highest BCUT2D eigenvalue weighted by Gasteiger charge is 2.18. The Kier molecular flexibility index (Phi) is 7.83. The number of nitrogens with zero attached hydrogens (tertiary/aromatic N) is 4. The Hall–Kier alpha value is -1.95. The monoisotopic (exact) mass is 400 g/mol. The van der Waals surface area contributed by atoms with Gasteiger partial charge in [-0.05, 0) is 36.8 Å². The summed E-state index contributed by atoms with van der Waals surface area (Å²) >= 11 is 1.90. The van der Waals surface area contributed by atoms with Crippen molar-refractivity contribution in [3.05, 3.63) is 42.0 Å². The van der Waals surface area contributed by atoms with E-state index in [1.54, 1.807) is 18.5 Å². The van der Waals surface area contributed by atoms with Gasteiger partial charge in [0.2, 0.25) is 5.95 Å². The summed E-state index contributed by atoms with van der Waals surface area (Å²) in [6, 6.07) is 5.50. The molecule has 3 rings (SSSR count). The Balaban J connectivity index is 1.57. The molecular formula is C22H29FN4S. The fourth-order valence-electron chi connectivity index (χ4n) is 3.42. The number of unbranched alkanes of at least 4 members (excludes halogenated alkanes) is 1. The topological polar surface area (TPSA) is 41.4 Å². The highest BCUT2D eigenvalue weighted by atomic mass is 32.2. The zero-order valence-corrected chi connectivity index (χ0v) is 17.6. The van der Waals surface area contributed by atoms with Crippen molar-refractivity contribution < 1.29 is 4.39 Å². The van der Waals surface area contributed by atoms with Gasteiger partial charge < -0.3 is 4.90 Å². The Labute approximate surface area is 171 Å². The van der Waals surface area contributed by atoms with Gasteiger partial charge in [-0.3, -0.25) is 4.99 Å². The molecule has 2 heterocycles. The first-order chi connectivity index (χ1) is 13.7. The van der Waals surface area contributed by atoms with Crippen LogP contribution in [0.2, 0.25) is 0 Å². The van der Waals surface area contributed by atoms with Crippen LogP contribution in [0.25, 0.3) is 11.1 Å². The molecule has 0 bridgehead atoms. The fraction of sp³-hybridized carbons (Fsp3) is 0.500. The largest absolute Gasteiger partial charge is 0.340 e. The van der Waals surface area contributed by atoms with Crippen LogP contribution in [0.1, 0.15) is 38.2 Å². The molecule has 0 aliphatic carbocycles. The van der Waals surface area contributed by atoms with Gasteiger partial charge in [0.25, 0.3) is 0 Å². The van der Waals surface area contributed by atoms with Crippen LogP contribution in [0.5, 0.6) is 0 Å². The molecule has 28 heavy (non-hydrogen) atoms. The lowest BCUT2D eigenvalue weighted by Gasteiger charge is -2.27. The normalized spacial score (nSPS) is 14.4. The first-order valence-corrected chi connectivity index (χ1v) is 11.5. The molecule has 0 saturated carbocycles. The summed E-state index contributed by atoms with van der Waals surface area (Å²) in [5.74, 6) is 1.77. The number of benzene rings is 1. The zero-order chi connectivity index (χ0) is 19.8. The number of rotatable bonds is 8. The maximum Gasteiger partial charge on any atom is 0.225 e. The summed E-state index contributed by atoms with van der Waals surface area (Å²) in [7, 11) is 0. The van der Waals surface area contributed by atoms with E-state index in [-0.39, 0.29) is 5.82 Å². The Morgan fingerprint density at radius 3 is 2.57 bits per heavy atom. The predicted molar refractivity (Wildman–Crippen MR) is 118 cm³/mol. The molecule has 1 aliphatic heterocycles. The summed E-state index contributed by atoms with van der Waals surface area (Å²) in [6.45, 7) is 4.69. The van der Waals surface area contributed by atoms with Gasteiger partial charge in [-0.15, -0.1) is 0 Å². The Morgan fingerprint density at radius 2 is 1.89 bits per heavy atom. The molecule has 6 heteroatoms. The number of hydrogen-bond donors (Lipinski definition) is 0. The molecule has 0 atom stereocenters. The number of piperidine rings is 1. The second-order valence-electron chi connectivity index (χ2n) is 7.04. The fourth-order valence-corrected chi connectivity index (χ4v) is 3.91. The van der Waals surface area contributed by atoms with E-state index in [0.717, 1.165) is 49.6 Å². The zero-order valence-electron chi connectivity index (χ0n) is 16.8. The van der Waals surface area contributed by atoms with Gasteiger partial charge in [0, 0.05) is 61.7 Å². The van der Waals surface area contributed by atoms with Gasteiger partial charge in [0.1, 0.15) is 5.82 Å². The van der Waals surface area contributed by atoms with Crippen molar-refractivity contribution in [1.82, 2.24) is 9.97 Å². The van der Waals surface area contributed by atoms with Crippen molar-refractivity contribution >= 4 is 23.4 Å². The molecule has 1 aromatic heterocycles. The molecule has 1 fully saturated rings. The van der Waals surface area contributed by atoms with Crippen molar-refractivity contribution in [2.24, 2.45) is 4.99 Å². The third kappa shape index (κ3) is 5.31. The van der Waals surface area contributed by atoms with Gasteiger partial charge in [-0.1, -0.05) is 25.1 Å². The molecule has 0 amide bonds. The predicted octanol–water partition coefficient (Wildman–Crippen LogP) is 5.03. The van der Waals surface area contributed by atoms with Crippen LogP contribution in [0, 0.1) is 5.82 Å². The van der Waals surface area contributed by atoms with Gasteiger partial charge in [0.15, 0.2) is 0 Å². The molecule has 1 aliphatic rings. The van der Waals surface area contributed by atoms with Crippen molar-refractivity contribution in [3.63, 3.8) is 0 Å². The van der Waals surface area contributed by atoms with Crippen LogP contribution in [-0.2, 0) is 6.42 Å². The van der Waals surface area contributed by atoms with Crippen LogP contribution >= 0.6 is 11.8 Å². The standard InChI is InChI=1S/C22H29FN4S/c1-3-17-7-6-8-20(21(17)23)18-15-25-22(26-16-18)27-12-9-19(10-13-27)24-11-4-5-14-28-2/h6-8,15-16H,3-5,9-14H2,1-2H3. The maximum absolute atomic E-state index is 14.5. The van der Waals surface area contributed by atoms with Crippen molar-refractivity contribution in [1.29, 1.82) is 0 Å². The van der Waals surface area contributed by atoms with Gasteiger partial charge in [-0.25, -0.2) is 14.4 Å². The number of aromatic nitrogens is 2. The number of anilines is 1. The average molecular weight is 401 g/mol. The Morgan fingerprint density at radius 1 is 1.14 bits per heavy atom. The van der Waals surface area contributed by atoms with Crippen molar-refractivity contribution in [3.8, 4) is 11.1 Å². The first kappa shape index (κ1) is 20.8. The van der Waals surface area contributed by atoms with E-state index in [2.05, 4.69) is 21.1 Å². The molecular weight excluding hydrogens is 371 g/mol. The van der Waals surface area contributed by atoms with E-state index in [9.17, 15) is 4.39 Å². The minimum Gasteiger partial charge on any atom is -0.340 e. The van der Waals surface area contributed by atoms with Crippen molar-refractivity contribution in [2.45, 2.75) is 39.0 Å². The molecule has 0 radical (unpaired) electrons. The lowest BCUT2D eigenvalue weighted by atomic mass is 10.0. The Bertz CT molecular complexity index is 782. The molecule has 0 unspecified atom stereocenters. The second kappa shape index (κ2) is 10.6. The smallest absolute Gasteiger partial charge is 0.225 e. The minimum absolute atomic E-state index is 0.169. The lowest BCUT2D eigenvalue weighted by Crippen LogP contribution is -2.35. The molecule has 0 N–H and O–H groups in total. The molecule has 1 saturated heterocycles. The van der Waals surface area contributed by atoms with Gasteiger partial charge in [0.05, 0.1) is 0 Å². The summed E-state index contributed by atoms with van der Waals surface area (Å²) in [5, 5.41) is 0. The van der Waals surface area contributed by atoms with Crippen LogP contribution < -0.4 is 4.90 Å².